The minimum atomic E-state index is -0.754. The summed E-state index contributed by atoms with van der Waals surface area (Å²) in [6.07, 6.45) is 1.52. The number of nitrogens with one attached hydrogen (secondary N) is 2. The van der Waals surface area contributed by atoms with Crippen molar-refractivity contribution < 1.29 is 24.2 Å². The summed E-state index contributed by atoms with van der Waals surface area (Å²) in [6, 6.07) is 16.2. The number of fused-ring (bicyclic) bond motifs is 4. The van der Waals surface area contributed by atoms with Crippen molar-refractivity contribution in [1.82, 2.24) is 10.6 Å². The maximum atomic E-state index is 12.2. The van der Waals surface area contributed by atoms with Crippen molar-refractivity contribution in [1.29, 1.82) is 0 Å². The summed E-state index contributed by atoms with van der Waals surface area (Å²) in [6.45, 7) is 0.398. The summed E-state index contributed by atoms with van der Waals surface area (Å²) in [4.78, 5) is 35.7. The molecule has 3 atom stereocenters. The zero-order chi connectivity index (χ0) is 22.3. The van der Waals surface area contributed by atoms with Gasteiger partial charge in [-0.1, -0.05) is 48.5 Å². The third-order valence-electron chi connectivity index (χ3n) is 7.17. The van der Waals surface area contributed by atoms with Gasteiger partial charge < -0.3 is 20.5 Å². The summed E-state index contributed by atoms with van der Waals surface area (Å²) in [5.41, 5.74) is 4.02. The molecule has 0 aliphatic heterocycles. The fraction of sp³-hybridized carbons (Fsp3) is 0.400. The van der Waals surface area contributed by atoms with Crippen LogP contribution < -0.4 is 10.6 Å². The average Bonchev–Trinajstić information content (AvgIpc) is 3.21. The molecule has 0 saturated heterocycles. The van der Waals surface area contributed by atoms with Gasteiger partial charge in [0.2, 0.25) is 5.91 Å². The maximum Gasteiger partial charge on any atom is 0.407 e. The van der Waals surface area contributed by atoms with Crippen molar-refractivity contribution in [2.24, 2.45) is 11.3 Å². The molecule has 0 bridgehead atoms. The van der Waals surface area contributed by atoms with E-state index in [1.165, 1.54) is 11.1 Å². The predicted molar refractivity (Wildman–Crippen MR) is 117 cm³/mol. The smallest absolute Gasteiger partial charge is 0.407 e. The largest absolute Gasteiger partial charge is 0.481 e. The number of hydrogen-bond acceptors (Lipinski definition) is 4. The third-order valence-corrected chi connectivity index (χ3v) is 7.17. The second-order valence-electron chi connectivity index (χ2n) is 9.07. The van der Waals surface area contributed by atoms with Crippen molar-refractivity contribution in [2.45, 2.75) is 37.6 Å². The van der Waals surface area contributed by atoms with E-state index in [1.807, 2.05) is 24.3 Å². The predicted octanol–water partition coefficient (Wildman–Crippen LogP) is 3.28. The summed E-state index contributed by atoms with van der Waals surface area (Å²) in [7, 11) is 0. The van der Waals surface area contributed by atoms with Gasteiger partial charge in [-0.2, -0.15) is 0 Å². The molecule has 2 amide bonds. The molecular formula is C25H26N2O5. The fourth-order valence-corrected chi connectivity index (χ4v) is 5.49. The van der Waals surface area contributed by atoms with E-state index in [9.17, 15) is 19.5 Å². The number of carboxylic acids is 1. The molecule has 0 aromatic heterocycles. The fourth-order valence-electron chi connectivity index (χ4n) is 5.49. The Kier molecular flexibility index (Phi) is 5.12. The monoisotopic (exact) mass is 434 g/mol. The molecule has 3 aliphatic carbocycles. The number of rotatable bonds is 7. The van der Waals surface area contributed by atoms with Gasteiger partial charge in [-0.3, -0.25) is 9.59 Å². The van der Waals surface area contributed by atoms with Crippen molar-refractivity contribution in [2.75, 3.05) is 13.2 Å². The van der Waals surface area contributed by atoms with Crippen molar-refractivity contribution in [3.05, 3.63) is 59.7 Å². The van der Waals surface area contributed by atoms with Crippen molar-refractivity contribution in [3.63, 3.8) is 0 Å². The Balaban J connectivity index is 1.07. The molecule has 0 heterocycles. The number of hydrogen-bond donors (Lipinski definition) is 3. The van der Waals surface area contributed by atoms with Crippen LogP contribution in [0.15, 0.2) is 48.5 Å². The number of alkyl carbamates (subject to hydrolysis) is 1. The lowest BCUT2D eigenvalue weighted by Crippen LogP contribution is -2.37. The minimum Gasteiger partial charge on any atom is -0.481 e. The molecule has 5 rings (SSSR count). The zero-order valence-electron chi connectivity index (χ0n) is 17.7. The number of amides is 2. The van der Waals surface area contributed by atoms with Crippen LogP contribution >= 0.6 is 0 Å². The first-order valence-electron chi connectivity index (χ1n) is 11.1. The Morgan fingerprint density at radius 1 is 1.00 bits per heavy atom. The lowest BCUT2D eigenvalue weighted by molar-refractivity contribution is -0.143. The third kappa shape index (κ3) is 3.61. The Bertz CT molecular complexity index is 1040. The molecule has 3 N–H and O–H groups in total. The minimum absolute atomic E-state index is 0.00759. The van der Waals surface area contributed by atoms with Gasteiger partial charge in [0.1, 0.15) is 6.61 Å². The van der Waals surface area contributed by atoms with Crippen LogP contribution in [-0.4, -0.2) is 42.3 Å². The van der Waals surface area contributed by atoms with E-state index in [4.69, 9.17) is 4.74 Å². The quantitative estimate of drug-likeness (QED) is 0.620. The van der Waals surface area contributed by atoms with Crippen molar-refractivity contribution >= 4 is 18.0 Å². The van der Waals surface area contributed by atoms with Gasteiger partial charge in [0, 0.05) is 24.9 Å². The first kappa shape index (κ1) is 20.5. The number of aliphatic carboxylic acids is 1. The van der Waals surface area contributed by atoms with E-state index in [2.05, 4.69) is 34.9 Å². The highest BCUT2D eigenvalue weighted by atomic mass is 16.5. The first-order chi connectivity index (χ1) is 15.5. The Labute approximate surface area is 186 Å². The van der Waals surface area contributed by atoms with Crippen LogP contribution in [0.1, 0.15) is 42.7 Å². The Hall–Kier alpha value is -3.35. The molecule has 2 fully saturated rings. The van der Waals surface area contributed by atoms with E-state index in [1.54, 1.807) is 0 Å². The number of carbonyl (C=O) groups excluding carboxylic acids is 2. The van der Waals surface area contributed by atoms with E-state index in [0.29, 0.717) is 6.42 Å². The molecular weight excluding hydrogens is 408 g/mol. The normalized spacial score (nSPS) is 24.8. The summed E-state index contributed by atoms with van der Waals surface area (Å²) in [5, 5.41) is 14.9. The number of benzene rings is 2. The lowest BCUT2D eigenvalue weighted by Gasteiger charge is -2.16. The second kappa shape index (κ2) is 7.97. The Morgan fingerprint density at radius 2 is 1.66 bits per heavy atom. The zero-order valence-corrected chi connectivity index (χ0v) is 17.7. The number of ether oxygens (including phenoxy) is 1. The van der Waals surface area contributed by atoms with Crippen LogP contribution in [0.4, 0.5) is 4.79 Å². The van der Waals surface area contributed by atoms with E-state index >= 15 is 0 Å². The molecule has 7 heteroatoms. The van der Waals surface area contributed by atoms with Gasteiger partial charge in [0.25, 0.3) is 0 Å². The van der Waals surface area contributed by atoms with Crippen LogP contribution in [-0.2, 0) is 14.3 Å². The van der Waals surface area contributed by atoms with E-state index in [0.717, 1.165) is 24.0 Å². The summed E-state index contributed by atoms with van der Waals surface area (Å²) >= 11 is 0. The van der Waals surface area contributed by atoms with Gasteiger partial charge in [0.15, 0.2) is 0 Å². The van der Waals surface area contributed by atoms with Crippen LogP contribution in [0.2, 0.25) is 0 Å². The molecule has 2 saturated carbocycles. The van der Waals surface area contributed by atoms with Crippen LogP contribution in [0.3, 0.4) is 0 Å². The van der Waals surface area contributed by atoms with Crippen molar-refractivity contribution in [3.8, 4) is 11.1 Å². The molecule has 3 unspecified atom stereocenters. The van der Waals surface area contributed by atoms with Gasteiger partial charge in [-0.05, 0) is 47.4 Å². The van der Waals surface area contributed by atoms with Gasteiger partial charge in [-0.25, -0.2) is 4.79 Å². The molecule has 0 radical (unpaired) electrons. The number of carboxylic acid groups (broad SMARTS) is 1. The molecule has 3 aliphatic rings. The molecule has 2 aromatic rings. The van der Waals surface area contributed by atoms with Crippen LogP contribution in [0.25, 0.3) is 11.1 Å². The topological polar surface area (TPSA) is 105 Å². The van der Waals surface area contributed by atoms with Gasteiger partial charge in [0.05, 0.1) is 5.41 Å². The molecule has 2 aromatic carbocycles. The molecule has 0 spiro atoms. The van der Waals surface area contributed by atoms with E-state index < -0.39 is 17.5 Å². The van der Waals surface area contributed by atoms with E-state index in [-0.39, 0.29) is 43.4 Å². The Morgan fingerprint density at radius 3 is 2.28 bits per heavy atom. The second-order valence-corrected chi connectivity index (χ2v) is 9.07. The highest BCUT2D eigenvalue weighted by Gasteiger charge is 2.65. The van der Waals surface area contributed by atoms with Gasteiger partial charge in [-0.15, -0.1) is 0 Å². The molecule has 166 valence electrons. The lowest BCUT2D eigenvalue weighted by atomic mass is 9.98. The highest BCUT2D eigenvalue weighted by Crippen LogP contribution is 2.63. The maximum absolute atomic E-state index is 12.2. The molecule has 32 heavy (non-hydrogen) atoms. The van der Waals surface area contributed by atoms with Crippen LogP contribution in [0, 0.1) is 11.3 Å². The van der Waals surface area contributed by atoms with Crippen LogP contribution in [0.5, 0.6) is 0 Å². The standard InChI is InChI=1S/C25H26N2O5/c28-22(27-16-11-15-12-25(15,13-16)23(29)30)9-10-26-24(31)32-14-21-19-7-3-1-5-17(19)18-6-2-4-8-20(18)21/h1-8,15-16,21H,9-14H2,(H,26,31)(H,27,28)(H,29,30). The number of carbonyl (C=O) groups is 3. The van der Waals surface area contributed by atoms with Gasteiger partial charge >= 0.3 is 12.1 Å². The summed E-state index contributed by atoms with van der Waals surface area (Å²) in [5.74, 6) is -0.761. The summed E-state index contributed by atoms with van der Waals surface area (Å²) < 4.78 is 5.47. The molecule has 7 nitrogen and oxygen atoms in total. The highest BCUT2D eigenvalue weighted by molar-refractivity contribution is 5.81. The first-order valence-corrected chi connectivity index (χ1v) is 11.1. The average molecular weight is 434 g/mol. The SMILES string of the molecule is O=C(CCNC(=O)OCC1c2ccccc2-c2ccccc21)NC1CC2CC2(C(=O)O)C1.